The molecular weight excluding hydrogens is 619 g/mol. The third-order valence-electron chi connectivity index (χ3n) is 10.3. The lowest BCUT2D eigenvalue weighted by Gasteiger charge is -2.28. The van der Waals surface area contributed by atoms with Gasteiger partial charge in [-0.3, -0.25) is 0 Å². The molecule has 10 rings (SSSR count). The Morgan fingerprint density at radius 2 is 0.941 bits per heavy atom. The lowest BCUT2D eigenvalue weighted by Crippen LogP contribution is -2.17. The van der Waals surface area contributed by atoms with Crippen molar-refractivity contribution in [3.05, 3.63) is 194 Å². The minimum Gasteiger partial charge on any atom is -0.455 e. The predicted octanol–water partition coefficient (Wildman–Crippen LogP) is 13.7. The minimum absolute atomic E-state index is 0.669. The number of rotatable bonds is 6. The maximum atomic E-state index is 6.82. The van der Waals surface area contributed by atoms with Crippen LogP contribution >= 0.6 is 0 Å². The molecule has 10 aromatic rings. The summed E-state index contributed by atoms with van der Waals surface area (Å²) in [5.41, 5.74) is 10.1. The number of hydrogen-bond acceptors (Lipinski definition) is 2. The van der Waals surface area contributed by atoms with Gasteiger partial charge in [0.2, 0.25) is 0 Å². The van der Waals surface area contributed by atoms with Crippen molar-refractivity contribution < 1.29 is 4.42 Å². The highest BCUT2D eigenvalue weighted by atomic mass is 16.3. The fourth-order valence-corrected chi connectivity index (χ4v) is 7.91. The molecule has 0 saturated carbocycles. The van der Waals surface area contributed by atoms with Crippen molar-refractivity contribution in [2.24, 2.45) is 0 Å². The number of para-hydroxylation sites is 1. The molecule has 0 spiro atoms. The highest BCUT2D eigenvalue weighted by molar-refractivity contribution is 6.17. The fourth-order valence-electron chi connectivity index (χ4n) is 7.91. The molecule has 0 bridgehead atoms. The van der Waals surface area contributed by atoms with Crippen LogP contribution in [0.4, 0.5) is 11.4 Å². The van der Waals surface area contributed by atoms with Crippen LogP contribution in [0.1, 0.15) is 5.56 Å². The van der Waals surface area contributed by atoms with Crippen molar-refractivity contribution in [1.29, 1.82) is 0 Å². The van der Waals surface area contributed by atoms with E-state index in [1.54, 1.807) is 0 Å². The summed E-state index contributed by atoms with van der Waals surface area (Å²) < 4.78 is 6.82. The number of benzene rings is 9. The van der Waals surface area contributed by atoms with Gasteiger partial charge in [0, 0.05) is 45.0 Å². The van der Waals surface area contributed by atoms with E-state index in [0.29, 0.717) is 6.54 Å². The number of anilines is 2. The molecule has 0 radical (unpaired) electrons. The average Bonchev–Trinajstić information content (AvgIpc) is 3.59. The van der Waals surface area contributed by atoms with E-state index in [0.717, 1.165) is 38.6 Å². The summed E-state index contributed by atoms with van der Waals surface area (Å²) in [6, 6.07) is 67.7. The Bertz CT molecular complexity index is 2910. The smallest absolute Gasteiger partial charge is 0.143 e. The lowest BCUT2D eigenvalue weighted by atomic mass is 9.96. The van der Waals surface area contributed by atoms with Gasteiger partial charge in [-0.1, -0.05) is 164 Å². The summed E-state index contributed by atoms with van der Waals surface area (Å²) in [5.74, 6) is 0. The minimum atomic E-state index is 0.669. The third-order valence-corrected chi connectivity index (χ3v) is 10.3. The zero-order chi connectivity index (χ0) is 33.7. The first-order valence-corrected chi connectivity index (χ1v) is 17.5. The van der Waals surface area contributed by atoms with Gasteiger partial charge in [-0.2, -0.15) is 0 Å². The second-order valence-electron chi connectivity index (χ2n) is 13.3. The SMILES string of the molecule is c1cc(-c2cccc3ccccc23)cc(N(Cc2ccccc2-c2cccc3c2oc2c4ccccc4ccc32)c2cccc3ccccc23)c1. The van der Waals surface area contributed by atoms with E-state index < -0.39 is 0 Å². The van der Waals surface area contributed by atoms with Gasteiger partial charge in [0.1, 0.15) is 11.2 Å². The van der Waals surface area contributed by atoms with Gasteiger partial charge in [-0.15, -0.1) is 0 Å². The van der Waals surface area contributed by atoms with E-state index in [2.05, 4.69) is 193 Å². The fraction of sp³-hybridized carbons (Fsp3) is 0.0204. The highest BCUT2D eigenvalue weighted by Crippen LogP contribution is 2.42. The Morgan fingerprint density at radius 3 is 1.80 bits per heavy atom. The van der Waals surface area contributed by atoms with E-state index in [1.807, 2.05) is 0 Å². The Kier molecular flexibility index (Phi) is 6.92. The molecule has 0 fully saturated rings. The molecule has 0 aliphatic carbocycles. The maximum absolute atomic E-state index is 6.82. The van der Waals surface area contributed by atoms with Gasteiger partial charge in [0.25, 0.3) is 0 Å². The van der Waals surface area contributed by atoms with E-state index in [1.165, 1.54) is 54.9 Å². The summed E-state index contributed by atoms with van der Waals surface area (Å²) in [6.07, 6.45) is 0. The molecule has 0 N–H and O–H groups in total. The first-order valence-electron chi connectivity index (χ1n) is 17.5. The summed E-state index contributed by atoms with van der Waals surface area (Å²) in [4.78, 5) is 2.47. The summed E-state index contributed by atoms with van der Waals surface area (Å²) in [5, 5.41) is 9.54. The molecule has 51 heavy (non-hydrogen) atoms. The molecule has 9 aromatic carbocycles. The largest absolute Gasteiger partial charge is 0.455 e. The van der Waals surface area contributed by atoms with Crippen LogP contribution in [0.2, 0.25) is 0 Å². The molecule has 0 saturated heterocycles. The third kappa shape index (κ3) is 4.95. The van der Waals surface area contributed by atoms with Crippen molar-refractivity contribution in [3.8, 4) is 22.3 Å². The van der Waals surface area contributed by atoms with Crippen molar-refractivity contribution >= 4 is 65.6 Å². The van der Waals surface area contributed by atoms with Crippen LogP contribution in [0, 0.1) is 0 Å². The summed E-state index contributed by atoms with van der Waals surface area (Å²) in [6.45, 7) is 0.669. The predicted molar refractivity (Wildman–Crippen MR) is 216 cm³/mol. The lowest BCUT2D eigenvalue weighted by molar-refractivity contribution is 0.673. The van der Waals surface area contributed by atoms with Crippen molar-refractivity contribution in [2.45, 2.75) is 6.54 Å². The van der Waals surface area contributed by atoms with Crippen LogP contribution in [0.3, 0.4) is 0 Å². The van der Waals surface area contributed by atoms with Crippen LogP contribution in [-0.4, -0.2) is 0 Å². The second kappa shape index (κ2) is 12.0. The number of furan rings is 1. The average molecular weight is 652 g/mol. The maximum Gasteiger partial charge on any atom is 0.143 e. The van der Waals surface area contributed by atoms with Gasteiger partial charge in [0.15, 0.2) is 0 Å². The standard InChI is InChI=1S/C49H33NO/c1-5-21-39-33(13-1)17-10-25-40(39)36-19-9-20-38(31-36)50(47-28-11-18-34-14-2-7-23-42(34)47)32-37-16-4-6-22-41(37)44-26-12-27-45-46-30-29-35-15-3-8-24-43(35)48(46)51-49(44)45/h1-31H,32H2. The van der Waals surface area contributed by atoms with E-state index >= 15 is 0 Å². The molecule has 0 aliphatic heterocycles. The van der Waals surface area contributed by atoms with Crippen LogP contribution < -0.4 is 4.90 Å². The molecule has 2 heteroatoms. The summed E-state index contributed by atoms with van der Waals surface area (Å²) >= 11 is 0. The molecular formula is C49H33NO. The van der Waals surface area contributed by atoms with Crippen LogP contribution in [-0.2, 0) is 6.54 Å². The van der Waals surface area contributed by atoms with Crippen molar-refractivity contribution in [1.82, 2.24) is 0 Å². The topological polar surface area (TPSA) is 16.4 Å². The molecule has 1 aromatic heterocycles. The van der Waals surface area contributed by atoms with E-state index in [9.17, 15) is 0 Å². The Morgan fingerprint density at radius 1 is 0.373 bits per heavy atom. The quantitative estimate of drug-likeness (QED) is 0.178. The van der Waals surface area contributed by atoms with Gasteiger partial charge < -0.3 is 9.32 Å². The van der Waals surface area contributed by atoms with Crippen LogP contribution in [0.5, 0.6) is 0 Å². The Balaban J connectivity index is 1.15. The Hall–Kier alpha value is -6.64. The number of nitrogens with zero attached hydrogens (tertiary/aromatic N) is 1. The zero-order valence-electron chi connectivity index (χ0n) is 28.0. The van der Waals surface area contributed by atoms with Crippen LogP contribution in [0.15, 0.2) is 192 Å². The first kappa shape index (κ1) is 29.3. The molecule has 0 unspecified atom stereocenters. The van der Waals surface area contributed by atoms with Gasteiger partial charge in [-0.05, 0) is 68.1 Å². The Labute approximate surface area is 296 Å². The molecule has 0 amide bonds. The molecule has 0 atom stereocenters. The first-order chi connectivity index (χ1) is 25.3. The molecule has 1 heterocycles. The zero-order valence-corrected chi connectivity index (χ0v) is 28.0. The monoisotopic (exact) mass is 651 g/mol. The number of fused-ring (bicyclic) bond motifs is 7. The normalized spacial score (nSPS) is 11.6. The van der Waals surface area contributed by atoms with Gasteiger partial charge in [0.05, 0.1) is 0 Å². The second-order valence-corrected chi connectivity index (χ2v) is 13.3. The van der Waals surface area contributed by atoms with Crippen LogP contribution in [0.25, 0.3) is 76.5 Å². The van der Waals surface area contributed by atoms with Crippen molar-refractivity contribution in [3.63, 3.8) is 0 Å². The van der Waals surface area contributed by atoms with E-state index in [4.69, 9.17) is 4.42 Å². The number of hydrogen-bond donors (Lipinski definition) is 0. The summed E-state index contributed by atoms with van der Waals surface area (Å²) in [7, 11) is 0. The van der Waals surface area contributed by atoms with E-state index in [-0.39, 0.29) is 0 Å². The molecule has 240 valence electrons. The molecule has 0 aliphatic rings. The van der Waals surface area contributed by atoms with Crippen molar-refractivity contribution in [2.75, 3.05) is 4.90 Å². The molecule has 2 nitrogen and oxygen atoms in total. The van der Waals surface area contributed by atoms with Gasteiger partial charge in [-0.25, -0.2) is 0 Å². The van der Waals surface area contributed by atoms with Gasteiger partial charge >= 0.3 is 0 Å². The highest BCUT2D eigenvalue weighted by Gasteiger charge is 2.20.